The van der Waals surface area contributed by atoms with Gasteiger partial charge in [-0.2, -0.15) is 0 Å². The van der Waals surface area contributed by atoms with E-state index in [4.69, 9.17) is 11.6 Å². The number of rotatable bonds is 7. The predicted molar refractivity (Wildman–Crippen MR) is 72.3 cm³/mol. The van der Waals surface area contributed by atoms with Gasteiger partial charge in [-0.1, -0.05) is 49.9 Å². The van der Waals surface area contributed by atoms with Crippen LogP contribution >= 0.6 is 11.6 Å². The minimum atomic E-state index is 0.593. The van der Waals surface area contributed by atoms with E-state index in [1.807, 2.05) is 19.2 Å². The lowest BCUT2D eigenvalue weighted by Crippen LogP contribution is -2.17. The van der Waals surface area contributed by atoms with Crippen molar-refractivity contribution in [1.29, 1.82) is 0 Å². The smallest absolute Gasteiger partial charge is 0.0408 e. The lowest BCUT2D eigenvalue weighted by atomic mass is 9.93. The molecule has 0 amide bonds. The second kappa shape index (κ2) is 7.70. The maximum atomic E-state index is 6.03. The predicted octanol–water partition coefficient (Wildman–Crippen LogP) is 4.22. The maximum absolute atomic E-state index is 6.03. The molecule has 0 fully saturated rings. The first-order valence-electron chi connectivity index (χ1n) is 6.18. The Hall–Kier alpha value is -0.530. The van der Waals surface area contributed by atoms with E-state index >= 15 is 0 Å². The van der Waals surface area contributed by atoms with Crippen LogP contribution in [0.1, 0.15) is 44.1 Å². The lowest BCUT2D eigenvalue weighted by molar-refractivity contribution is 0.542. The molecule has 1 aromatic carbocycles. The molecule has 0 aliphatic rings. The second-order valence-electron chi connectivity index (χ2n) is 4.31. The lowest BCUT2D eigenvalue weighted by Gasteiger charge is -2.17. The Morgan fingerprint density at radius 1 is 1.31 bits per heavy atom. The monoisotopic (exact) mass is 239 g/mol. The molecule has 0 spiro atoms. The number of nitrogens with one attached hydrogen (secondary N) is 1. The van der Waals surface area contributed by atoms with Gasteiger partial charge >= 0.3 is 0 Å². The fourth-order valence-electron chi connectivity index (χ4n) is 2.03. The van der Waals surface area contributed by atoms with Crippen LogP contribution < -0.4 is 5.32 Å². The van der Waals surface area contributed by atoms with Crippen molar-refractivity contribution < 1.29 is 0 Å². The van der Waals surface area contributed by atoms with E-state index in [2.05, 4.69) is 24.4 Å². The van der Waals surface area contributed by atoms with E-state index in [1.54, 1.807) is 0 Å². The standard InChI is InChI=1S/C14H22ClN/c1-3-4-5-7-13(11-16-2)12-8-6-9-14(15)10-12/h6,8-10,13,16H,3-5,7,11H2,1-2H3. The van der Waals surface area contributed by atoms with Crippen molar-refractivity contribution in [2.24, 2.45) is 0 Å². The van der Waals surface area contributed by atoms with Gasteiger partial charge in [0.05, 0.1) is 0 Å². The maximum Gasteiger partial charge on any atom is 0.0408 e. The topological polar surface area (TPSA) is 12.0 Å². The Balaban J connectivity index is 2.61. The molecular formula is C14H22ClN. The first-order chi connectivity index (χ1) is 7.77. The van der Waals surface area contributed by atoms with Gasteiger partial charge in [-0.15, -0.1) is 0 Å². The van der Waals surface area contributed by atoms with Gasteiger partial charge in [0.2, 0.25) is 0 Å². The van der Waals surface area contributed by atoms with Crippen molar-refractivity contribution in [2.75, 3.05) is 13.6 Å². The summed E-state index contributed by atoms with van der Waals surface area (Å²) in [7, 11) is 2.01. The highest BCUT2D eigenvalue weighted by molar-refractivity contribution is 6.30. The molecule has 0 radical (unpaired) electrons. The van der Waals surface area contributed by atoms with Gasteiger partial charge in [-0.3, -0.25) is 0 Å². The summed E-state index contributed by atoms with van der Waals surface area (Å²) in [6, 6.07) is 8.25. The van der Waals surface area contributed by atoms with Crippen molar-refractivity contribution in [3.63, 3.8) is 0 Å². The summed E-state index contributed by atoms with van der Waals surface area (Å²) in [5.74, 6) is 0.593. The first kappa shape index (κ1) is 13.5. The summed E-state index contributed by atoms with van der Waals surface area (Å²) >= 11 is 6.03. The van der Waals surface area contributed by atoms with Crippen LogP contribution in [0.15, 0.2) is 24.3 Å². The molecule has 16 heavy (non-hydrogen) atoms. The van der Waals surface area contributed by atoms with E-state index in [0.717, 1.165) is 11.6 Å². The van der Waals surface area contributed by atoms with Gasteiger partial charge in [0.1, 0.15) is 0 Å². The van der Waals surface area contributed by atoms with Crippen LogP contribution in [0.5, 0.6) is 0 Å². The average molecular weight is 240 g/mol. The molecule has 0 saturated heterocycles. The summed E-state index contributed by atoms with van der Waals surface area (Å²) in [4.78, 5) is 0. The number of unbranched alkanes of at least 4 members (excludes halogenated alkanes) is 2. The third kappa shape index (κ3) is 4.54. The number of likely N-dealkylation sites (N-methyl/N-ethyl adjacent to an activating group) is 1. The van der Waals surface area contributed by atoms with Gasteiger partial charge in [0, 0.05) is 11.6 Å². The third-order valence-electron chi connectivity index (χ3n) is 2.93. The minimum Gasteiger partial charge on any atom is -0.319 e. The Kier molecular flexibility index (Phi) is 6.51. The zero-order valence-corrected chi connectivity index (χ0v) is 11.1. The van der Waals surface area contributed by atoms with Crippen LogP contribution in [0.2, 0.25) is 5.02 Å². The molecule has 1 atom stereocenters. The molecule has 1 unspecified atom stereocenters. The Morgan fingerprint density at radius 2 is 2.12 bits per heavy atom. The number of benzene rings is 1. The van der Waals surface area contributed by atoms with Crippen LogP contribution in [0.3, 0.4) is 0 Å². The molecule has 0 bridgehead atoms. The van der Waals surface area contributed by atoms with E-state index in [9.17, 15) is 0 Å². The SMILES string of the molecule is CCCCCC(CNC)c1cccc(Cl)c1. The first-order valence-corrected chi connectivity index (χ1v) is 6.55. The second-order valence-corrected chi connectivity index (χ2v) is 4.74. The third-order valence-corrected chi connectivity index (χ3v) is 3.16. The molecule has 1 aromatic rings. The molecule has 0 saturated carbocycles. The fraction of sp³-hybridized carbons (Fsp3) is 0.571. The van der Waals surface area contributed by atoms with Gasteiger partial charge in [-0.25, -0.2) is 0 Å². The van der Waals surface area contributed by atoms with Crippen molar-refractivity contribution in [2.45, 2.75) is 38.5 Å². The van der Waals surface area contributed by atoms with Crippen LogP contribution in [-0.4, -0.2) is 13.6 Å². The van der Waals surface area contributed by atoms with Crippen LogP contribution in [0, 0.1) is 0 Å². The number of halogens is 1. The molecule has 1 N–H and O–H groups in total. The normalized spacial score (nSPS) is 12.7. The quantitative estimate of drug-likeness (QED) is 0.703. The highest BCUT2D eigenvalue weighted by Crippen LogP contribution is 2.24. The summed E-state index contributed by atoms with van der Waals surface area (Å²) in [5.41, 5.74) is 1.36. The van der Waals surface area contributed by atoms with E-state index in [-0.39, 0.29) is 0 Å². The largest absolute Gasteiger partial charge is 0.319 e. The molecule has 2 heteroatoms. The number of hydrogen-bond acceptors (Lipinski definition) is 1. The molecule has 0 aromatic heterocycles. The summed E-state index contributed by atoms with van der Waals surface area (Å²) < 4.78 is 0. The zero-order valence-electron chi connectivity index (χ0n) is 10.3. The Bertz CT molecular complexity index is 299. The van der Waals surface area contributed by atoms with E-state index in [1.165, 1.54) is 31.2 Å². The zero-order chi connectivity index (χ0) is 11.8. The van der Waals surface area contributed by atoms with Crippen LogP contribution in [0.25, 0.3) is 0 Å². The molecule has 1 rings (SSSR count). The highest BCUT2D eigenvalue weighted by Gasteiger charge is 2.10. The molecule has 0 aliphatic heterocycles. The molecule has 90 valence electrons. The Labute approximate surface area is 104 Å². The van der Waals surface area contributed by atoms with Crippen molar-refractivity contribution >= 4 is 11.6 Å². The Morgan fingerprint density at radius 3 is 2.75 bits per heavy atom. The van der Waals surface area contributed by atoms with Crippen molar-refractivity contribution in [1.82, 2.24) is 5.32 Å². The van der Waals surface area contributed by atoms with Crippen molar-refractivity contribution in [3.8, 4) is 0 Å². The van der Waals surface area contributed by atoms with Gasteiger partial charge in [0.15, 0.2) is 0 Å². The van der Waals surface area contributed by atoms with E-state index < -0.39 is 0 Å². The summed E-state index contributed by atoms with van der Waals surface area (Å²) in [6.07, 6.45) is 5.15. The molecule has 0 aliphatic carbocycles. The molecule has 1 nitrogen and oxygen atoms in total. The number of hydrogen-bond donors (Lipinski definition) is 1. The van der Waals surface area contributed by atoms with Crippen molar-refractivity contribution in [3.05, 3.63) is 34.9 Å². The summed E-state index contributed by atoms with van der Waals surface area (Å²) in [5, 5.41) is 4.11. The van der Waals surface area contributed by atoms with Gasteiger partial charge in [0.25, 0.3) is 0 Å². The molecular weight excluding hydrogens is 218 g/mol. The highest BCUT2D eigenvalue weighted by atomic mass is 35.5. The minimum absolute atomic E-state index is 0.593. The summed E-state index contributed by atoms with van der Waals surface area (Å²) in [6.45, 7) is 3.27. The molecule has 0 heterocycles. The van der Waals surface area contributed by atoms with Crippen LogP contribution in [0.4, 0.5) is 0 Å². The van der Waals surface area contributed by atoms with Crippen LogP contribution in [-0.2, 0) is 0 Å². The fourth-order valence-corrected chi connectivity index (χ4v) is 2.23. The van der Waals surface area contributed by atoms with E-state index in [0.29, 0.717) is 5.92 Å². The van der Waals surface area contributed by atoms with Gasteiger partial charge < -0.3 is 5.32 Å². The average Bonchev–Trinajstić information content (AvgIpc) is 2.28. The van der Waals surface area contributed by atoms with Gasteiger partial charge in [-0.05, 0) is 37.1 Å².